The largest absolute Gasteiger partial charge is 0.481 e. The van der Waals surface area contributed by atoms with Crippen molar-refractivity contribution in [1.82, 2.24) is 0 Å². The number of epoxide rings is 1. The maximum Gasteiger partial charge on any atom is 0.303 e. The highest BCUT2D eigenvalue weighted by Gasteiger charge is 2.36. The van der Waals surface area contributed by atoms with Gasteiger partial charge in [-0.05, 0) is 19.3 Å². The second kappa shape index (κ2) is 12.0. The fourth-order valence-electron chi connectivity index (χ4n) is 2.96. The summed E-state index contributed by atoms with van der Waals surface area (Å²) in [5.74, 6) is -0.662. The molecule has 1 aliphatic heterocycles. The van der Waals surface area contributed by atoms with Gasteiger partial charge in [0, 0.05) is 6.42 Å². The van der Waals surface area contributed by atoms with Gasteiger partial charge in [-0.25, -0.2) is 0 Å². The number of rotatable bonds is 15. The van der Waals surface area contributed by atoms with E-state index in [1.54, 1.807) is 0 Å². The van der Waals surface area contributed by atoms with E-state index >= 15 is 0 Å². The molecule has 0 aromatic rings. The lowest BCUT2D eigenvalue weighted by atomic mass is 10.0. The molecule has 21 heavy (non-hydrogen) atoms. The molecule has 124 valence electrons. The Bertz CT molecular complexity index is 265. The van der Waals surface area contributed by atoms with E-state index in [4.69, 9.17) is 9.84 Å². The van der Waals surface area contributed by atoms with Crippen molar-refractivity contribution in [2.24, 2.45) is 0 Å². The number of carboxylic acid groups (broad SMARTS) is 1. The summed E-state index contributed by atoms with van der Waals surface area (Å²) in [5.41, 5.74) is 0. The number of unbranched alkanes of at least 4 members (excludes halogenated alkanes) is 9. The first-order chi connectivity index (χ1) is 10.2. The van der Waals surface area contributed by atoms with Gasteiger partial charge in [0.05, 0.1) is 12.2 Å². The number of aliphatic carboxylic acids is 1. The van der Waals surface area contributed by atoms with E-state index in [2.05, 4.69) is 6.92 Å². The molecule has 0 bridgehead atoms. The Balaban J connectivity index is 1.73. The highest BCUT2D eigenvalue weighted by molar-refractivity contribution is 5.66. The molecule has 0 aromatic heterocycles. The Morgan fingerprint density at radius 1 is 0.810 bits per heavy atom. The summed E-state index contributed by atoms with van der Waals surface area (Å²) in [6.45, 7) is 2.25. The standard InChI is InChI=1S/C18H34O3/c1-2-3-10-13-16-17(21-16)14-11-8-6-4-5-7-9-12-15-18(19)20/h16-17H,2-15H2,1H3,(H,19,20). The molecule has 0 amide bonds. The molecule has 1 N–H and O–H groups in total. The lowest BCUT2D eigenvalue weighted by Gasteiger charge is -2.01. The monoisotopic (exact) mass is 298 g/mol. The van der Waals surface area contributed by atoms with E-state index in [0.717, 1.165) is 12.8 Å². The summed E-state index contributed by atoms with van der Waals surface area (Å²) >= 11 is 0. The molecular weight excluding hydrogens is 264 g/mol. The van der Waals surface area contributed by atoms with Gasteiger partial charge >= 0.3 is 5.97 Å². The second-order valence-electron chi connectivity index (χ2n) is 6.47. The van der Waals surface area contributed by atoms with E-state index in [1.807, 2.05) is 0 Å². The van der Waals surface area contributed by atoms with Gasteiger partial charge in [-0.1, -0.05) is 71.1 Å². The number of carbonyl (C=O) groups is 1. The Kier molecular flexibility index (Phi) is 10.6. The summed E-state index contributed by atoms with van der Waals surface area (Å²) in [5, 5.41) is 8.53. The van der Waals surface area contributed by atoms with Crippen molar-refractivity contribution < 1.29 is 14.6 Å². The SMILES string of the molecule is CCCCCC1OC1CCCCCCCCCCC(=O)O. The lowest BCUT2D eigenvalue weighted by Crippen LogP contribution is -1.94. The summed E-state index contributed by atoms with van der Waals surface area (Å²) in [4.78, 5) is 10.4. The first kappa shape index (κ1) is 18.5. The van der Waals surface area contributed by atoms with E-state index in [9.17, 15) is 4.79 Å². The molecule has 0 aliphatic carbocycles. The topological polar surface area (TPSA) is 49.8 Å². The van der Waals surface area contributed by atoms with Crippen LogP contribution in [-0.4, -0.2) is 23.3 Å². The minimum atomic E-state index is -0.662. The van der Waals surface area contributed by atoms with Gasteiger partial charge in [0.1, 0.15) is 0 Å². The number of ether oxygens (including phenoxy) is 1. The van der Waals surface area contributed by atoms with Crippen LogP contribution in [0.15, 0.2) is 0 Å². The van der Waals surface area contributed by atoms with Gasteiger partial charge in [0.25, 0.3) is 0 Å². The molecule has 1 fully saturated rings. The number of hydrogen-bond acceptors (Lipinski definition) is 2. The van der Waals surface area contributed by atoms with Gasteiger partial charge in [-0.15, -0.1) is 0 Å². The molecule has 1 rings (SSSR count). The van der Waals surface area contributed by atoms with Gasteiger partial charge < -0.3 is 9.84 Å². The minimum Gasteiger partial charge on any atom is -0.481 e. The van der Waals surface area contributed by atoms with Crippen LogP contribution in [0.25, 0.3) is 0 Å². The van der Waals surface area contributed by atoms with Gasteiger partial charge in [0.2, 0.25) is 0 Å². The van der Waals surface area contributed by atoms with Crippen LogP contribution in [0.5, 0.6) is 0 Å². The molecule has 0 radical (unpaired) electrons. The van der Waals surface area contributed by atoms with E-state index in [1.165, 1.54) is 70.6 Å². The molecule has 1 saturated heterocycles. The Morgan fingerprint density at radius 2 is 1.29 bits per heavy atom. The Hall–Kier alpha value is -0.570. The third kappa shape index (κ3) is 10.8. The first-order valence-electron chi connectivity index (χ1n) is 9.11. The molecule has 0 spiro atoms. The van der Waals surface area contributed by atoms with Gasteiger partial charge in [-0.3, -0.25) is 4.79 Å². The number of hydrogen-bond donors (Lipinski definition) is 1. The van der Waals surface area contributed by atoms with E-state index < -0.39 is 5.97 Å². The average Bonchev–Trinajstić information content (AvgIpc) is 3.19. The maximum absolute atomic E-state index is 10.4. The minimum absolute atomic E-state index is 0.334. The summed E-state index contributed by atoms with van der Waals surface area (Å²) in [7, 11) is 0. The molecule has 1 heterocycles. The summed E-state index contributed by atoms with van der Waals surface area (Å²) in [6, 6.07) is 0. The van der Waals surface area contributed by atoms with Crippen molar-refractivity contribution in [1.29, 1.82) is 0 Å². The van der Waals surface area contributed by atoms with Crippen LogP contribution in [0.1, 0.15) is 96.8 Å². The zero-order valence-electron chi connectivity index (χ0n) is 13.8. The van der Waals surface area contributed by atoms with Crippen LogP contribution in [-0.2, 0) is 9.53 Å². The molecule has 3 nitrogen and oxygen atoms in total. The third-order valence-electron chi connectivity index (χ3n) is 4.41. The molecule has 3 heteroatoms. The normalized spacial score (nSPS) is 20.6. The predicted octanol–water partition coefficient (Wildman–Crippen LogP) is 5.32. The van der Waals surface area contributed by atoms with Gasteiger partial charge in [-0.2, -0.15) is 0 Å². The molecular formula is C18H34O3. The lowest BCUT2D eigenvalue weighted by molar-refractivity contribution is -0.137. The van der Waals surface area contributed by atoms with Crippen molar-refractivity contribution in [3.8, 4) is 0 Å². The summed E-state index contributed by atoms with van der Waals surface area (Å²) in [6.07, 6.45) is 17.7. The zero-order valence-corrected chi connectivity index (χ0v) is 13.8. The third-order valence-corrected chi connectivity index (χ3v) is 4.41. The van der Waals surface area contributed by atoms with Crippen LogP contribution in [0.2, 0.25) is 0 Å². The van der Waals surface area contributed by atoms with Crippen LogP contribution < -0.4 is 0 Å². The second-order valence-corrected chi connectivity index (χ2v) is 6.47. The highest BCUT2D eigenvalue weighted by Crippen LogP contribution is 2.31. The van der Waals surface area contributed by atoms with E-state index in [-0.39, 0.29) is 0 Å². The predicted molar refractivity (Wildman–Crippen MR) is 86.6 cm³/mol. The van der Waals surface area contributed by atoms with Crippen molar-refractivity contribution in [3.63, 3.8) is 0 Å². The fourth-order valence-corrected chi connectivity index (χ4v) is 2.96. The Labute approximate surface area is 130 Å². The van der Waals surface area contributed by atoms with Crippen LogP contribution >= 0.6 is 0 Å². The fraction of sp³-hybridized carbons (Fsp3) is 0.944. The Morgan fingerprint density at radius 3 is 1.81 bits per heavy atom. The van der Waals surface area contributed by atoms with Gasteiger partial charge in [0.15, 0.2) is 0 Å². The smallest absolute Gasteiger partial charge is 0.303 e. The quantitative estimate of drug-likeness (QED) is 0.329. The van der Waals surface area contributed by atoms with Crippen molar-refractivity contribution >= 4 is 5.97 Å². The molecule has 2 unspecified atom stereocenters. The van der Waals surface area contributed by atoms with Crippen molar-refractivity contribution in [2.45, 2.75) is 109 Å². The van der Waals surface area contributed by atoms with Crippen LogP contribution in [0.3, 0.4) is 0 Å². The molecule has 0 saturated carbocycles. The average molecular weight is 298 g/mol. The zero-order chi connectivity index (χ0) is 15.3. The van der Waals surface area contributed by atoms with Crippen molar-refractivity contribution in [3.05, 3.63) is 0 Å². The molecule has 0 aromatic carbocycles. The van der Waals surface area contributed by atoms with Crippen molar-refractivity contribution in [2.75, 3.05) is 0 Å². The summed E-state index contributed by atoms with van der Waals surface area (Å²) < 4.78 is 5.71. The van der Waals surface area contributed by atoms with Crippen LogP contribution in [0, 0.1) is 0 Å². The first-order valence-corrected chi connectivity index (χ1v) is 9.11. The molecule has 2 atom stereocenters. The van der Waals surface area contributed by atoms with E-state index in [0.29, 0.717) is 18.6 Å². The van der Waals surface area contributed by atoms with Crippen LogP contribution in [0.4, 0.5) is 0 Å². The number of carboxylic acids is 1. The highest BCUT2D eigenvalue weighted by atomic mass is 16.6. The maximum atomic E-state index is 10.4. The molecule has 1 aliphatic rings.